The minimum absolute atomic E-state index is 0.0449. The number of benzene rings is 1. The number of carbonyl (C=O) groups excluding carboxylic acids is 1. The summed E-state index contributed by atoms with van der Waals surface area (Å²) in [5, 5.41) is 3.02. The van der Waals surface area contributed by atoms with Crippen LogP contribution in [0.25, 0.3) is 0 Å². The molecule has 3 heterocycles. The van der Waals surface area contributed by atoms with Crippen molar-refractivity contribution in [3.05, 3.63) is 30.3 Å². The molecule has 1 amide bonds. The molecule has 5 heteroatoms. The zero-order valence-corrected chi connectivity index (χ0v) is 12.5. The number of hydrogen-bond donors (Lipinski definition) is 1. The van der Waals surface area contributed by atoms with Gasteiger partial charge in [0.05, 0.1) is 0 Å². The van der Waals surface area contributed by atoms with Crippen LogP contribution in [0.1, 0.15) is 6.92 Å². The zero-order valence-electron chi connectivity index (χ0n) is 12.5. The van der Waals surface area contributed by atoms with Gasteiger partial charge in [0.2, 0.25) is 0 Å². The van der Waals surface area contributed by atoms with E-state index in [1.54, 1.807) is 6.92 Å². The second kappa shape index (κ2) is 6.45. The number of ether oxygens (including phenoxy) is 1. The van der Waals surface area contributed by atoms with E-state index in [0.717, 1.165) is 38.5 Å². The Bertz CT molecular complexity index is 472. The Morgan fingerprint density at radius 3 is 2.62 bits per heavy atom. The molecule has 21 heavy (non-hydrogen) atoms. The number of hydrogen-bond acceptors (Lipinski definition) is 4. The highest BCUT2D eigenvalue weighted by molar-refractivity contribution is 5.80. The van der Waals surface area contributed by atoms with Gasteiger partial charge in [-0.15, -0.1) is 0 Å². The Kier molecular flexibility index (Phi) is 4.41. The average Bonchev–Trinajstić information content (AvgIpc) is 2.54. The average molecular weight is 289 g/mol. The predicted octanol–water partition coefficient (Wildman–Crippen LogP) is 0.570. The second-order valence-corrected chi connectivity index (χ2v) is 5.81. The van der Waals surface area contributed by atoms with Crippen LogP contribution >= 0.6 is 0 Å². The van der Waals surface area contributed by atoms with Crippen molar-refractivity contribution in [3.8, 4) is 5.75 Å². The molecular weight excluding hydrogens is 266 g/mol. The maximum absolute atomic E-state index is 12.1. The SMILES string of the molecule is CC(Oc1ccccc1)C(=O)NCC1CN2CCN1CC2. The lowest BCUT2D eigenvalue weighted by Crippen LogP contribution is -2.63. The number of carbonyl (C=O) groups is 1. The van der Waals surface area contributed by atoms with Gasteiger partial charge in [-0.3, -0.25) is 14.6 Å². The molecule has 0 spiro atoms. The number of piperazine rings is 3. The van der Waals surface area contributed by atoms with Gasteiger partial charge in [0.25, 0.3) is 5.91 Å². The van der Waals surface area contributed by atoms with Gasteiger partial charge in [0, 0.05) is 45.3 Å². The zero-order chi connectivity index (χ0) is 14.7. The molecule has 2 atom stereocenters. The summed E-state index contributed by atoms with van der Waals surface area (Å²) in [7, 11) is 0. The van der Waals surface area contributed by atoms with Crippen LogP contribution in [-0.4, -0.2) is 67.1 Å². The first-order valence-corrected chi connectivity index (χ1v) is 7.68. The molecule has 1 aromatic rings. The first-order valence-electron chi connectivity index (χ1n) is 7.68. The van der Waals surface area contributed by atoms with Crippen LogP contribution in [0.5, 0.6) is 5.75 Å². The van der Waals surface area contributed by atoms with Gasteiger partial charge >= 0.3 is 0 Å². The highest BCUT2D eigenvalue weighted by atomic mass is 16.5. The van der Waals surface area contributed by atoms with Gasteiger partial charge < -0.3 is 10.1 Å². The fraction of sp³-hybridized carbons (Fsp3) is 0.562. The lowest BCUT2D eigenvalue weighted by molar-refractivity contribution is -0.127. The first-order chi connectivity index (χ1) is 10.2. The van der Waals surface area contributed by atoms with E-state index in [1.807, 2.05) is 30.3 Å². The van der Waals surface area contributed by atoms with Crippen molar-refractivity contribution in [1.82, 2.24) is 15.1 Å². The van der Waals surface area contributed by atoms with E-state index in [9.17, 15) is 4.79 Å². The highest BCUT2D eigenvalue weighted by Gasteiger charge is 2.32. The maximum Gasteiger partial charge on any atom is 0.260 e. The summed E-state index contributed by atoms with van der Waals surface area (Å²) in [5.41, 5.74) is 0. The molecular formula is C16H23N3O2. The smallest absolute Gasteiger partial charge is 0.260 e. The third-order valence-corrected chi connectivity index (χ3v) is 4.33. The number of amides is 1. The minimum Gasteiger partial charge on any atom is -0.481 e. The van der Waals surface area contributed by atoms with Crippen molar-refractivity contribution in [2.75, 3.05) is 39.3 Å². The summed E-state index contributed by atoms with van der Waals surface area (Å²) < 4.78 is 5.64. The van der Waals surface area contributed by atoms with Gasteiger partial charge in [-0.2, -0.15) is 0 Å². The Morgan fingerprint density at radius 2 is 2.00 bits per heavy atom. The Balaban J connectivity index is 1.45. The summed E-state index contributed by atoms with van der Waals surface area (Å²) in [6.07, 6.45) is -0.469. The molecule has 0 aromatic heterocycles. The number of rotatable bonds is 5. The molecule has 1 aromatic carbocycles. The molecule has 2 bridgehead atoms. The van der Waals surface area contributed by atoms with Gasteiger partial charge in [-0.1, -0.05) is 18.2 Å². The summed E-state index contributed by atoms with van der Waals surface area (Å²) >= 11 is 0. The van der Waals surface area contributed by atoms with Crippen LogP contribution in [0.3, 0.4) is 0 Å². The number of fused-ring (bicyclic) bond motifs is 3. The van der Waals surface area contributed by atoms with Crippen molar-refractivity contribution >= 4 is 5.91 Å². The second-order valence-electron chi connectivity index (χ2n) is 5.81. The third-order valence-electron chi connectivity index (χ3n) is 4.33. The number of nitrogens with one attached hydrogen (secondary N) is 1. The van der Waals surface area contributed by atoms with E-state index in [-0.39, 0.29) is 5.91 Å². The molecule has 0 radical (unpaired) electrons. The maximum atomic E-state index is 12.1. The van der Waals surface area contributed by atoms with Crippen LogP contribution in [0.15, 0.2) is 30.3 Å². The molecule has 3 fully saturated rings. The van der Waals surface area contributed by atoms with E-state index >= 15 is 0 Å². The topological polar surface area (TPSA) is 44.8 Å². The van der Waals surface area contributed by atoms with Crippen LogP contribution in [-0.2, 0) is 4.79 Å². The summed E-state index contributed by atoms with van der Waals surface area (Å²) in [6.45, 7) is 8.13. The molecule has 114 valence electrons. The third kappa shape index (κ3) is 3.54. The molecule has 2 unspecified atom stereocenters. The Hall–Kier alpha value is -1.59. The van der Waals surface area contributed by atoms with Crippen molar-refractivity contribution in [2.45, 2.75) is 19.1 Å². The standard InChI is InChI=1S/C16H23N3O2/c1-13(21-15-5-3-2-4-6-15)16(20)17-11-14-12-18-7-9-19(14)10-8-18/h2-6,13-14H,7-12H2,1H3,(H,17,20). The predicted molar refractivity (Wildman–Crippen MR) is 81.3 cm³/mol. The molecule has 3 aliphatic rings. The van der Waals surface area contributed by atoms with E-state index in [2.05, 4.69) is 15.1 Å². The van der Waals surface area contributed by atoms with E-state index in [1.165, 1.54) is 0 Å². The van der Waals surface area contributed by atoms with Crippen molar-refractivity contribution < 1.29 is 9.53 Å². The lowest BCUT2D eigenvalue weighted by atomic mass is 10.1. The Labute approximate surface area is 125 Å². The van der Waals surface area contributed by atoms with Crippen LogP contribution < -0.4 is 10.1 Å². The molecule has 0 saturated carbocycles. The molecule has 3 aliphatic heterocycles. The van der Waals surface area contributed by atoms with Crippen molar-refractivity contribution in [1.29, 1.82) is 0 Å². The summed E-state index contributed by atoms with van der Waals surface area (Å²) in [5.74, 6) is 0.684. The van der Waals surface area contributed by atoms with Crippen LogP contribution in [0, 0.1) is 0 Å². The quantitative estimate of drug-likeness (QED) is 0.861. The van der Waals surface area contributed by atoms with Crippen molar-refractivity contribution in [3.63, 3.8) is 0 Å². The van der Waals surface area contributed by atoms with Gasteiger partial charge in [0.1, 0.15) is 5.75 Å². The van der Waals surface area contributed by atoms with Crippen molar-refractivity contribution in [2.24, 2.45) is 0 Å². The summed E-state index contributed by atoms with van der Waals surface area (Å²) in [4.78, 5) is 17.1. The molecule has 5 nitrogen and oxygen atoms in total. The first kappa shape index (κ1) is 14.4. The Morgan fingerprint density at radius 1 is 1.29 bits per heavy atom. The number of nitrogens with zero attached hydrogens (tertiary/aromatic N) is 2. The van der Waals surface area contributed by atoms with E-state index < -0.39 is 6.10 Å². The van der Waals surface area contributed by atoms with Gasteiger partial charge in [-0.05, 0) is 19.1 Å². The van der Waals surface area contributed by atoms with E-state index in [0.29, 0.717) is 12.6 Å². The highest BCUT2D eigenvalue weighted by Crippen LogP contribution is 2.15. The van der Waals surface area contributed by atoms with Crippen LogP contribution in [0.4, 0.5) is 0 Å². The minimum atomic E-state index is -0.469. The van der Waals surface area contributed by atoms with Gasteiger partial charge in [-0.25, -0.2) is 0 Å². The fourth-order valence-electron chi connectivity index (χ4n) is 3.04. The fourth-order valence-corrected chi connectivity index (χ4v) is 3.04. The normalized spacial score (nSPS) is 28.9. The van der Waals surface area contributed by atoms with Gasteiger partial charge in [0.15, 0.2) is 6.10 Å². The van der Waals surface area contributed by atoms with E-state index in [4.69, 9.17) is 4.74 Å². The summed E-state index contributed by atoms with van der Waals surface area (Å²) in [6, 6.07) is 9.91. The number of para-hydroxylation sites is 1. The molecule has 0 aliphatic carbocycles. The lowest BCUT2D eigenvalue weighted by Gasteiger charge is -2.47. The van der Waals surface area contributed by atoms with Crippen LogP contribution in [0.2, 0.25) is 0 Å². The molecule has 3 saturated heterocycles. The molecule has 4 rings (SSSR count). The molecule has 1 N–H and O–H groups in total. The largest absolute Gasteiger partial charge is 0.481 e. The monoisotopic (exact) mass is 289 g/mol.